The number of hydrogen-bond acceptors (Lipinski definition) is 4. The molecule has 0 aliphatic rings. The third-order valence-electron chi connectivity index (χ3n) is 3.44. The number of aryl methyl sites for hydroxylation is 1. The molecule has 5 nitrogen and oxygen atoms in total. The summed E-state index contributed by atoms with van der Waals surface area (Å²) >= 11 is 3.41. The molecule has 2 aromatic heterocycles. The Balaban J connectivity index is 2.03. The molecule has 0 spiro atoms. The molecular formula is C15H11BrN4O. The van der Waals surface area contributed by atoms with Crippen molar-refractivity contribution in [1.82, 2.24) is 14.8 Å². The van der Waals surface area contributed by atoms with Crippen LogP contribution in [0.25, 0.3) is 33.6 Å². The first-order valence-corrected chi connectivity index (χ1v) is 7.20. The molecule has 4 rings (SSSR count). The molecule has 0 radical (unpaired) electrons. The maximum atomic E-state index is 5.98. The van der Waals surface area contributed by atoms with E-state index in [1.165, 1.54) is 0 Å². The van der Waals surface area contributed by atoms with E-state index in [9.17, 15) is 0 Å². The first kappa shape index (κ1) is 12.4. The molecule has 0 atom stereocenters. The first-order chi connectivity index (χ1) is 10.1. The van der Waals surface area contributed by atoms with Gasteiger partial charge in [-0.1, -0.05) is 34.1 Å². The lowest BCUT2D eigenvalue weighted by atomic mass is 10.2. The number of rotatable bonds is 1. The molecule has 0 saturated carbocycles. The van der Waals surface area contributed by atoms with E-state index in [1.54, 1.807) is 6.07 Å². The number of aromatic nitrogens is 3. The average molecular weight is 343 g/mol. The van der Waals surface area contributed by atoms with E-state index in [2.05, 4.69) is 26.0 Å². The van der Waals surface area contributed by atoms with Crippen molar-refractivity contribution in [2.24, 2.45) is 7.05 Å². The highest BCUT2D eigenvalue weighted by Gasteiger charge is 2.17. The third kappa shape index (κ3) is 1.83. The molecule has 21 heavy (non-hydrogen) atoms. The minimum atomic E-state index is 0.478. The summed E-state index contributed by atoms with van der Waals surface area (Å²) in [5.74, 6) is 0.478. The van der Waals surface area contributed by atoms with Crippen LogP contribution in [0, 0.1) is 0 Å². The van der Waals surface area contributed by atoms with Crippen LogP contribution in [-0.2, 0) is 7.05 Å². The standard InChI is InChI=1S/C15H11BrN4O/c1-20-12-5-3-2-4-9(12)13(19-20)15-18-11-7-8(16)6-10(17)14(11)21-15/h2-7H,17H2,1H3. The summed E-state index contributed by atoms with van der Waals surface area (Å²) in [7, 11) is 1.90. The lowest BCUT2D eigenvalue weighted by Gasteiger charge is -1.94. The van der Waals surface area contributed by atoms with Crippen LogP contribution >= 0.6 is 15.9 Å². The molecule has 2 heterocycles. The fourth-order valence-electron chi connectivity index (χ4n) is 2.50. The summed E-state index contributed by atoms with van der Waals surface area (Å²) in [5, 5.41) is 5.52. The van der Waals surface area contributed by atoms with Crippen molar-refractivity contribution < 1.29 is 4.42 Å². The van der Waals surface area contributed by atoms with Crippen LogP contribution in [0.15, 0.2) is 45.3 Å². The van der Waals surface area contributed by atoms with Crippen molar-refractivity contribution in [3.05, 3.63) is 40.9 Å². The molecule has 0 saturated heterocycles. The van der Waals surface area contributed by atoms with Gasteiger partial charge in [0.15, 0.2) is 11.3 Å². The second-order valence-electron chi connectivity index (χ2n) is 4.85. The van der Waals surface area contributed by atoms with E-state index in [-0.39, 0.29) is 0 Å². The van der Waals surface area contributed by atoms with Gasteiger partial charge in [-0.05, 0) is 18.2 Å². The first-order valence-electron chi connectivity index (χ1n) is 6.41. The molecule has 2 N–H and O–H groups in total. The van der Waals surface area contributed by atoms with Crippen LogP contribution in [-0.4, -0.2) is 14.8 Å². The van der Waals surface area contributed by atoms with Gasteiger partial charge in [0.25, 0.3) is 0 Å². The number of benzene rings is 2. The molecule has 0 aliphatic heterocycles. The topological polar surface area (TPSA) is 69.9 Å². The molecular weight excluding hydrogens is 332 g/mol. The zero-order valence-electron chi connectivity index (χ0n) is 11.2. The van der Waals surface area contributed by atoms with Crippen LogP contribution in [0.1, 0.15) is 0 Å². The molecule has 6 heteroatoms. The fourth-order valence-corrected chi connectivity index (χ4v) is 2.96. The minimum absolute atomic E-state index is 0.478. The van der Waals surface area contributed by atoms with Gasteiger partial charge in [0, 0.05) is 16.9 Å². The Morgan fingerprint density at radius 1 is 1.24 bits per heavy atom. The second-order valence-corrected chi connectivity index (χ2v) is 5.77. The quantitative estimate of drug-likeness (QED) is 0.535. The molecule has 4 aromatic rings. The van der Waals surface area contributed by atoms with Crippen LogP contribution in [0.3, 0.4) is 0 Å². The van der Waals surface area contributed by atoms with Gasteiger partial charge in [0.1, 0.15) is 5.52 Å². The molecule has 0 unspecified atom stereocenters. The maximum Gasteiger partial charge on any atom is 0.248 e. The minimum Gasteiger partial charge on any atom is -0.432 e. The van der Waals surface area contributed by atoms with Crippen LogP contribution < -0.4 is 5.73 Å². The van der Waals surface area contributed by atoms with Gasteiger partial charge in [-0.25, -0.2) is 4.98 Å². The van der Waals surface area contributed by atoms with Crippen LogP contribution in [0.5, 0.6) is 0 Å². The summed E-state index contributed by atoms with van der Waals surface area (Å²) in [5.41, 5.74) is 9.58. The summed E-state index contributed by atoms with van der Waals surface area (Å²) in [6.45, 7) is 0. The number of nitrogens with two attached hydrogens (primary N) is 1. The van der Waals surface area contributed by atoms with Crippen molar-refractivity contribution in [2.45, 2.75) is 0 Å². The second kappa shape index (κ2) is 4.33. The lowest BCUT2D eigenvalue weighted by Crippen LogP contribution is -1.89. The summed E-state index contributed by atoms with van der Waals surface area (Å²) in [6, 6.07) is 11.7. The van der Waals surface area contributed by atoms with Gasteiger partial charge < -0.3 is 10.2 Å². The van der Waals surface area contributed by atoms with Gasteiger partial charge >= 0.3 is 0 Å². The van der Waals surface area contributed by atoms with E-state index < -0.39 is 0 Å². The van der Waals surface area contributed by atoms with Crippen molar-refractivity contribution >= 4 is 43.6 Å². The highest BCUT2D eigenvalue weighted by molar-refractivity contribution is 9.10. The highest BCUT2D eigenvalue weighted by atomic mass is 79.9. The number of oxazole rings is 1. The molecule has 0 amide bonds. The van der Waals surface area contributed by atoms with Gasteiger partial charge in [0.05, 0.1) is 11.2 Å². The van der Waals surface area contributed by atoms with Crippen molar-refractivity contribution in [2.75, 3.05) is 5.73 Å². The zero-order valence-corrected chi connectivity index (χ0v) is 12.8. The SMILES string of the molecule is Cn1nc(-c2nc3cc(Br)cc(N)c3o2)c2ccccc21. The Morgan fingerprint density at radius 2 is 2.05 bits per heavy atom. The number of anilines is 1. The smallest absolute Gasteiger partial charge is 0.248 e. The van der Waals surface area contributed by atoms with E-state index in [4.69, 9.17) is 10.2 Å². The van der Waals surface area contributed by atoms with Crippen LogP contribution in [0.2, 0.25) is 0 Å². The van der Waals surface area contributed by atoms with Crippen LogP contribution in [0.4, 0.5) is 5.69 Å². The van der Waals surface area contributed by atoms with Crippen molar-refractivity contribution in [1.29, 1.82) is 0 Å². The Bertz CT molecular complexity index is 986. The Kier molecular flexibility index (Phi) is 2.56. The highest BCUT2D eigenvalue weighted by Crippen LogP contribution is 2.33. The molecule has 0 fully saturated rings. The number of nitrogen functional groups attached to an aromatic ring is 1. The number of nitrogens with zero attached hydrogens (tertiary/aromatic N) is 3. The Morgan fingerprint density at radius 3 is 2.90 bits per heavy atom. The predicted molar refractivity (Wildman–Crippen MR) is 85.8 cm³/mol. The van der Waals surface area contributed by atoms with Gasteiger partial charge in [-0.3, -0.25) is 4.68 Å². The Labute approximate surface area is 128 Å². The predicted octanol–water partition coefficient (Wildman–Crippen LogP) is 3.73. The molecule has 104 valence electrons. The molecule has 0 aliphatic carbocycles. The number of fused-ring (bicyclic) bond motifs is 2. The van der Waals surface area contributed by atoms with Gasteiger partial charge in [-0.15, -0.1) is 0 Å². The van der Waals surface area contributed by atoms with Gasteiger partial charge in [-0.2, -0.15) is 5.10 Å². The van der Waals surface area contributed by atoms with Gasteiger partial charge in [0.2, 0.25) is 5.89 Å². The summed E-state index contributed by atoms with van der Waals surface area (Å²) < 4.78 is 8.52. The monoisotopic (exact) mass is 342 g/mol. The normalized spacial score (nSPS) is 11.5. The number of halogens is 1. The maximum absolute atomic E-state index is 5.98. The largest absolute Gasteiger partial charge is 0.432 e. The molecule has 0 bridgehead atoms. The fraction of sp³-hybridized carbons (Fsp3) is 0.0667. The third-order valence-corrected chi connectivity index (χ3v) is 3.90. The van der Waals surface area contributed by atoms with E-state index in [1.807, 2.05) is 42.1 Å². The van der Waals surface area contributed by atoms with Crippen molar-refractivity contribution in [3.63, 3.8) is 0 Å². The lowest BCUT2D eigenvalue weighted by molar-refractivity contribution is 0.615. The molecule has 2 aromatic carbocycles. The van der Waals surface area contributed by atoms with E-state index in [0.29, 0.717) is 22.7 Å². The number of hydrogen-bond donors (Lipinski definition) is 1. The van der Waals surface area contributed by atoms with E-state index >= 15 is 0 Å². The van der Waals surface area contributed by atoms with E-state index in [0.717, 1.165) is 21.1 Å². The summed E-state index contributed by atoms with van der Waals surface area (Å²) in [6.07, 6.45) is 0. The van der Waals surface area contributed by atoms with Crippen molar-refractivity contribution in [3.8, 4) is 11.6 Å². The summed E-state index contributed by atoms with van der Waals surface area (Å²) in [4.78, 5) is 4.52. The zero-order chi connectivity index (χ0) is 14.6. The number of para-hydroxylation sites is 1. The Hall–Kier alpha value is -2.34. The average Bonchev–Trinajstić information content (AvgIpc) is 3.01.